The van der Waals surface area contributed by atoms with Gasteiger partial charge in [-0.15, -0.1) is 0 Å². The first kappa shape index (κ1) is 12.9. The van der Waals surface area contributed by atoms with Crippen LogP contribution in [0.1, 0.15) is 0 Å². The van der Waals surface area contributed by atoms with Crippen LogP contribution in [0.15, 0.2) is 24.5 Å². The number of nitrogens with zero attached hydrogens (tertiary/aromatic N) is 3. The number of methoxy groups -OCH3 is 1. The van der Waals surface area contributed by atoms with E-state index in [9.17, 15) is 4.79 Å². The molecule has 0 aliphatic carbocycles. The van der Waals surface area contributed by atoms with E-state index < -0.39 is 0 Å². The van der Waals surface area contributed by atoms with Crippen LogP contribution >= 0.6 is 11.6 Å². The van der Waals surface area contributed by atoms with Crippen molar-refractivity contribution in [2.24, 2.45) is 0 Å². The minimum atomic E-state index is -0.303. The number of halogens is 1. The molecule has 7 heteroatoms. The molecule has 3 rings (SSSR count). The Bertz CT molecular complexity index is 658. The number of carbonyl (C=O) groups excluding carboxylic acids is 1. The number of nitrogens with one attached hydrogen (secondary N) is 1. The summed E-state index contributed by atoms with van der Waals surface area (Å²) in [7, 11) is 1.38. The highest BCUT2D eigenvalue weighted by Crippen LogP contribution is 2.24. The molecule has 0 spiro atoms. The maximum atomic E-state index is 11.3. The van der Waals surface area contributed by atoms with Crippen LogP contribution in [0.2, 0.25) is 5.02 Å². The number of aromatic nitrogens is 2. The third-order valence-corrected chi connectivity index (χ3v) is 3.49. The summed E-state index contributed by atoms with van der Waals surface area (Å²) >= 11 is 5.95. The zero-order valence-electron chi connectivity index (χ0n) is 10.8. The van der Waals surface area contributed by atoms with E-state index in [0.717, 1.165) is 16.7 Å². The highest BCUT2D eigenvalue weighted by molar-refractivity contribution is 6.31. The minimum absolute atomic E-state index is 0.169. The molecular weight excluding hydrogens is 280 g/mol. The summed E-state index contributed by atoms with van der Waals surface area (Å²) in [4.78, 5) is 21.3. The highest BCUT2D eigenvalue weighted by Gasteiger charge is 2.31. The van der Waals surface area contributed by atoms with Crippen molar-refractivity contribution in [3.8, 4) is 0 Å². The van der Waals surface area contributed by atoms with E-state index in [4.69, 9.17) is 11.6 Å². The van der Waals surface area contributed by atoms with Gasteiger partial charge in [0.05, 0.1) is 18.7 Å². The average molecular weight is 293 g/mol. The number of ether oxygens (including phenoxy) is 1. The molecule has 0 unspecified atom stereocenters. The molecule has 1 aliphatic heterocycles. The van der Waals surface area contributed by atoms with Gasteiger partial charge in [-0.3, -0.25) is 0 Å². The number of rotatable bonds is 2. The Morgan fingerprint density at radius 1 is 1.45 bits per heavy atom. The first-order valence-corrected chi connectivity index (χ1v) is 6.55. The van der Waals surface area contributed by atoms with Gasteiger partial charge in [0.25, 0.3) is 0 Å². The maximum absolute atomic E-state index is 11.3. The second kappa shape index (κ2) is 5.13. The van der Waals surface area contributed by atoms with Crippen LogP contribution in [0.3, 0.4) is 0 Å². The lowest BCUT2D eigenvalue weighted by atomic mass is 10.1. The van der Waals surface area contributed by atoms with Crippen LogP contribution in [0.25, 0.3) is 10.9 Å². The van der Waals surface area contributed by atoms with Crippen LogP contribution in [0.5, 0.6) is 0 Å². The Morgan fingerprint density at radius 2 is 2.25 bits per heavy atom. The summed E-state index contributed by atoms with van der Waals surface area (Å²) in [6.07, 6.45) is 1.19. The van der Waals surface area contributed by atoms with Crippen LogP contribution in [-0.2, 0) is 4.74 Å². The maximum Gasteiger partial charge on any atom is 0.409 e. The van der Waals surface area contributed by atoms with Crippen molar-refractivity contribution in [1.82, 2.24) is 14.9 Å². The number of amides is 1. The molecule has 1 N–H and O–H groups in total. The van der Waals surface area contributed by atoms with Gasteiger partial charge in [-0.2, -0.15) is 0 Å². The fourth-order valence-electron chi connectivity index (χ4n) is 2.19. The zero-order valence-corrected chi connectivity index (χ0v) is 11.6. The number of hydrogen-bond donors (Lipinski definition) is 1. The van der Waals surface area contributed by atoms with Gasteiger partial charge >= 0.3 is 6.09 Å². The van der Waals surface area contributed by atoms with Gasteiger partial charge < -0.3 is 15.0 Å². The third kappa shape index (κ3) is 2.34. The monoisotopic (exact) mass is 292 g/mol. The summed E-state index contributed by atoms with van der Waals surface area (Å²) in [5.41, 5.74) is 0.791. The Balaban J connectivity index is 1.75. The number of fused-ring (bicyclic) bond motifs is 1. The molecule has 0 bridgehead atoms. The minimum Gasteiger partial charge on any atom is -0.453 e. The van der Waals surface area contributed by atoms with Gasteiger partial charge in [0.1, 0.15) is 12.1 Å². The molecule has 1 amide bonds. The van der Waals surface area contributed by atoms with Crippen molar-refractivity contribution in [3.63, 3.8) is 0 Å². The smallest absolute Gasteiger partial charge is 0.409 e. The van der Waals surface area contributed by atoms with Gasteiger partial charge in [-0.05, 0) is 18.2 Å². The number of anilines is 1. The summed E-state index contributed by atoms with van der Waals surface area (Å²) in [6.45, 7) is 1.21. The Morgan fingerprint density at radius 3 is 3.00 bits per heavy atom. The first-order chi connectivity index (χ1) is 9.67. The second-order valence-corrected chi connectivity index (χ2v) is 5.04. The summed E-state index contributed by atoms with van der Waals surface area (Å²) in [5.74, 6) is 0.751. The van der Waals surface area contributed by atoms with Crippen LogP contribution in [0, 0.1) is 0 Å². The molecule has 2 heterocycles. The van der Waals surface area contributed by atoms with Crippen molar-refractivity contribution in [2.75, 3.05) is 25.5 Å². The molecule has 20 heavy (non-hydrogen) atoms. The van der Waals surface area contributed by atoms with E-state index in [0.29, 0.717) is 18.1 Å². The topological polar surface area (TPSA) is 67.3 Å². The van der Waals surface area contributed by atoms with Crippen molar-refractivity contribution in [1.29, 1.82) is 0 Å². The van der Waals surface area contributed by atoms with Crippen LogP contribution in [0.4, 0.5) is 10.6 Å². The van der Waals surface area contributed by atoms with Gasteiger partial charge in [0, 0.05) is 23.5 Å². The third-order valence-electron chi connectivity index (χ3n) is 3.25. The van der Waals surface area contributed by atoms with E-state index >= 15 is 0 Å². The predicted molar refractivity (Wildman–Crippen MR) is 75.9 cm³/mol. The van der Waals surface area contributed by atoms with Crippen molar-refractivity contribution >= 4 is 34.4 Å². The molecule has 1 aromatic heterocycles. The second-order valence-electron chi connectivity index (χ2n) is 4.60. The Kier molecular flexibility index (Phi) is 3.31. The lowest BCUT2D eigenvalue weighted by molar-refractivity contribution is 0.0930. The summed E-state index contributed by atoms with van der Waals surface area (Å²) < 4.78 is 4.66. The van der Waals surface area contributed by atoms with E-state index in [-0.39, 0.29) is 12.1 Å². The molecule has 2 aromatic rings. The number of likely N-dealkylation sites (tertiary alicyclic amines) is 1. The molecule has 1 saturated heterocycles. The van der Waals surface area contributed by atoms with E-state index in [1.54, 1.807) is 17.0 Å². The highest BCUT2D eigenvalue weighted by atomic mass is 35.5. The molecule has 1 aliphatic rings. The van der Waals surface area contributed by atoms with Crippen LogP contribution < -0.4 is 5.32 Å². The standard InChI is InChI=1S/C13H13ClN4O2/c1-20-13(19)18-5-9(6-18)17-12-10-3-2-8(14)4-11(10)15-7-16-12/h2-4,7,9H,5-6H2,1H3,(H,15,16,17). The molecular formula is C13H13ClN4O2. The molecule has 1 fully saturated rings. The average Bonchev–Trinajstić information content (AvgIpc) is 2.41. The van der Waals surface area contributed by atoms with E-state index in [1.807, 2.05) is 6.07 Å². The number of benzene rings is 1. The van der Waals surface area contributed by atoms with Gasteiger partial charge in [0.2, 0.25) is 0 Å². The summed E-state index contributed by atoms with van der Waals surface area (Å²) in [6, 6.07) is 5.66. The Labute approximate surface area is 120 Å². The predicted octanol–water partition coefficient (Wildman–Crippen LogP) is 2.15. The van der Waals surface area contributed by atoms with Gasteiger partial charge in [0.15, 0.2) is 0 Å². The van der Waals surface area contributed by atoms with Crippen molar-refractivity contribution in [3.05, 3.63) is 29.5 Å². The van der Waals surface area contributed by atoms with Crippen molar-refractivity contribution < 1.29 is 9.53 Å². The molecule has 1 aromatic carbocycles. The molecule has 0 atom stereocenters. The largest absolute Gasteiger partial charge is 0.453 e. The normalized spacial score (nSPS) is 15.0. The quantitative estimate of drug-likeness (QED) is 0.918. The van der Waals surface area contributed by atoms with E-state index in [1.165, 1.54) is 13.4 Å². The number of carbonyl (C=O) groups is 1. The lowest BCUT2D eigenvalue weighted by Crippen LogP contribution is -2.57. The molecule has 0 radical (unpaired) electrons. The van der Waals surface area contributed by atoms with Gasteiger partial charge in [-0.25, -0.2) is 14.8 Å². The van der Waals surface area contributed by atoms with E-state index in [2.05, 4.69) is 20.0 Å². The zero-order chi connectivity index (χ0) is 14.1. The Hall–Kier alpha value is -2.08. The molecule has 0 saturated carbocycles. The van der Waals surface area contributed by atoms with Crippen molar-refractivity contribution in [2.45, 2.75) is 6.04 Å². The summed E-state index contributed by atoms with van der Waals surface area (Å²) in [5, 5.41) is 4.86. The SMILES string of the molecule is COC(=O)N1CC(Nc2ncnc3cc(Cl)ccc23)C1. The lowest BCUT2D eigenvalue weighted by Gasteiger charge is -2.38. The fraction of sp³-hybridized carbons (Fsp3) is 0.308. The fourth-order valence-corrected chi connectivity index (χ4v) is 2.35. The first-order valence-electron chi connectivity index (χ1n) is 6.17. The van der Waals surface area contributed by atoms with Gasteiger partial charge in [-0.1, -0.05) is 11.6 Å². The molecule has 6 nitrogen and oxygen atoms in total. The molecule has 104 valence electrons. The number of hydrogen-bond acceptors (Lipinski definition) is 5. The van der Waals surface area contributed by atoms with Crippen LogP contribution in [-0.4, -0.2) is 47.2 Å².